The zero-order valence-electron chi connectivity index (χ0n) is 14.5. The summed E-state index contributed by atoms with van der Waals surface area (Å²) in [5, 5.41) is 0. The van der Waals surface area contributed by atoms with E-state index in [-0.39, 0.29) is 10.8 Å². The van der Waals surface area contributed by atoms with Crippen molar-refractivity contribution in [2.24, 2.45) is 28.6 Å². The molecule has 0 aromatic carbocycles. The lowest BCUT2D eigenvalue weighted by molar-refractivity contribution is -0.159. The molecule has 0 saturated heterocycles. The molecule has 4 nitrogen and oxygen atoms in total. The third-order valence-electron chi connectivity index (χ3n) is 6.33. The Morgan fingerprint density at radius 3 is 1.86 bits per heavy atom. The number of esters is 2. The van der Waals surface area contributed by atoms with Gasteiger partial charge in [-0.2, -0.15) is 0 Å². The van der Waals surface area contributed by atoms with Gasteiger partial charge in [-0.1, -0.05) is 34.6 Å². The summed E-state index contributed by atoms with van der Waals surface area (Å²) < 4.78 is 9.45. The minimum absolute atomic E-state index is 0.184. The molecule has 2 atom stereocenters. The second-order valence-corrected chi connectivity index (χ2v) is 7.45. The van der Waals surface area contributed by atoms with Crippen molar-refractivity contribution in [1.82, 2.24) is 0 Å². The monoisotopic (exact) mass is 298 g/mol. The van der Waals surface area contributed by atoms with Gasteiger partial charge < -0.3 is 9.47 Å². The van der Waals surface area contributed by atoms with Gasteiger partial charge in [-0.3, -0.25) is 9.59 Å². The maximum absolute atomic E-state index is 11.7. The molecule has 0 heterocycles. The highest BCUT2D eigenvalue weighted by Crippen LogP contribution is 2.60. The van der Waals surface area contributed by atoms with Crippen LogP contribution in [0, 0.1) is 28.6 Å². The summed E-state index contributed by atoms with van der Waals surface area (Å²) in [6.45, 7) is 11.5. The minimum atomic E-state index is -0.796. The average molecular weight is 298 g/mol. The van der Waals surface area contributed by atoms with E-state index in [1.165, 1.54) is 14.2 Å². The van der Waals surface area contributed by atoms with Gasteiger partial charge in [0, 0.05) is 0 Å². The van der Waals surface area contributed by atoms with Gasteiger partial charge >= 0.3 is 11.9 Å². The maximum Gasteiger partial charge on any atom is 0.320 e. The van der Waals surface area contributed by atoms with Crippen LogP contribution in [-0.2, 0) is 19.1 Å². The standard InChI is InChI=1S/C17H30O4/c1-11-10-12(17(4,5)16(11,2)3)8-9-13(14(18)20-6)15(19)21-7/h11-13H,8-10H2,1-7H3. The Hall–Kier alpha value is -1.06. The van der Waals surface area contributed by atoms with Crippen molar-refractivity contribution in [3.05, 3.63) is 0 Å². The summed E-state index contributed by atoms with van der Waals surface area (Å²) in [4.78, 5) is 23.5. The van der Waals surface area contributed by atoms with Crippen LogP contribution in [0.1, 0.15) is 53.9 Å². The first kappa shape index (κ1) is 18.0. The van der Waals surface area contributed by atoms with E-state index in [0.717, 1.165) is 12.8 Å². The van der Waals surface area contributed by atoms with Crippen LogP contribution >= 0.6 is 0 Å². The molecule has 0 N–H and O–H groups in total. The molecule has 0 spiro atoms. The lowest BCUT2D eigenvalue weighted by Gasteiger charge is -2.41. The van der Waals surface area contributed by atoms with E-state index in [9.17, 15) is 9.59 Å². The Morgan fingerprint density at radius 1 is 1.05 bits per heavy atom. The van der Waals surface area contributed by atoms with E-state index in [0.29, 0.717) is 18.3 Å². The van der Waals surface area contributed by atoms with Crippen LogP contribution in [-0.4, -0.2) is 26.2 Å². The first-order valence-electron chi connectivity index (χ1n) is 7.75. The smallest absolute Gasteiger partial charge is 0.320 e. The van der Waals surface area contributed by atoms with Gasteiger partial charge in [0.05, 0.1) is 14.2 Å². The molecule has 1 aliphatic carbocycles. The number of hydrogen-bond donors (Lipinski definition) is 0. The van der Waals surface area contributed by atoms with Gasteiger partial charge in [-0.25, -0.2) is 0 Å². The summed E-state index contributed by atoms with van der Waals surface area (Å²) in [7, 11) is 2.62. The molecule has 0 aromatic heterocycles. The van der Waals surface area contributed by atoms with Crippen LogP contribution < -0.4 is 0 Å². The molecule has 1 fully saturated rings. The molecule has 0 aromatic rings. The number of methoxy groups -OCH3 is 2. The highest BCUT2D eigenvalue weighted by molar-refractivity contribution is 5.94. The predicted molar refractivity (Wildman–Crippen MR) is 81.6 cm³/mol. The molecule has 122 valence electrons. The largest absolute Gasteiger partial charge is 0.468 e. The Labute approximate surface area is 128 Å². The molecule has 1 aliphatic rings. The third-order valence-corrected chi connectivity index (χ3v) is 6.33. The highest BCUT2D eigenvalue weighted by Gasteiger charge is 2.52. The lowest BCUT2D eigenvalue weighted by atomic mass is 9.64. The zero-order chi connectivity index (χ0) is 16.4. The summed E-state index contributed by atoms with van der Waals surface area (Å²) in [6.07, 6.45) is 2.47. The van der Waals surface area contributed by atoms with E-state index >= 15 is 0 Å². The van der Waals surface area contributed by atoms with Crippen molar-refractivity contribution >= 4 is 11.9 Å². The summed E-state index contributed by atoms with van der Waals surface area (Å²) in [5.41, 5.74) is 0.437. The zero-order valence-corrected chi connectivity index (χ0v) is 14.5. The Morgan fingerprint density at radius 2 is 1.52 bits per heavy atom. The van der Waals surface area contributed by atoms with Crippen molar-refractivity contribution in [2.45, 2.75) is 53.9 Å². The van der Waals surface area contributed by atoms with Crippen molar-refractivity contribution < 1.29 is 19.1 Å². The van der Waals surface area contributed by atoms with Gasteiger partial charge in [0.15, 0.2) is 5.92 Å². The second-order valence-electron chi connectivity index (χ2n) is 7.45. The highest BCUT2D eigenvalue weighted by atomic mass is 16.5. The molecule has 0 amide bonds. The van der Waals surface area contributed by atoms with Crippen LogP contribution in [0.4, 0.5) is 0 Å². The predicted octanol–water partition coefficient (Wildman–Crippen LogP) is 3.44. The van der Waals surface area contributed by atoms with Crippen LogP contribution in [0.2, 0.25) is 0 Å². The molecule has 21 heavy (non-hydrogen) atoms. The summed E-state index contributed by atoms with van der Waals surface area (Å²) in [5.74, 6) is -0.656. The Balaban J connectivity index is 2.77. The van der Waals surface area contributed by atoms with Crippen LogP contribution in [0.25, 0.3) is 0 Å². The second kappa shape index (κ2) is 6.37. The van der Waals surface area contributed by atoms with E-state index in [1.54, 1.807) is 0 Å². The van der Waals surface area contributed by atoms with E-state index in [4.69, 9.17) is 9.47 Å². The Bertz CT molecular complexity index is 382. The molecule has 2 unspecified atom stereocenters. The molecule has 0 bridgehead atoms. The van der Waals surface area contributed by atoms with Crippen molar-refractivity contribution in [3.63, 3.8) is 0 Å². The average Bonchev–Trinajstić information content (AvgIpc) is 2.58. The number of hydrogen-bond acceptors (Lipinski definition) is 4. The Kier molecular flexibility index (Phi) is 5.46. The summed E-state index contributed by atoms with van der Waals surface area (Å²) in [6, 6.07) is 0. The number of carbonyl (C=O) groups excluding carboxylic acids is 2. The third kappa shape index (κ3) is 3.24. The molecule has 0 radical (unpaired) electrons. The van der Waals surface area contributed by atoms with Gasteiger partial charge in [-0.05, 0) is 41.9 Å². The van der Waals surface area contributed by atoms with Gasteiger partial charge in [0.2, 0.25) is 0 Å². The first-order chi connectivity index (χ1) is 9.59. The number of carbonyl (C=O) groups is 2. The number of rotatable bonds is 5. The minimum Gasteiger partial charge on any atom is -0.468 e. The van der Waals surface area contributed by atoms with Crippen LogP contribution in [0.5, 0.6) is 0 Å². The number of ether oxygens (including phenoxy) is 2. The fraction of sp³-hybridized carbons (Fsp3) is 0.882. The maximum atomic E-state index is 11.7. The molecule has 1 rings (SSSR count). The van der Waals surface area contributed by atoms with Crippen LogP contribution in [0.3, 0.4) is 0 Å². The van der Waals surface area contributed by atoms with Crippen molar-refractivity contribution in [2.75, 3.05) is 14.2 Å². The fourth-order valence-corrected chi connectivity index (χ4v) is 3.64. The quantitative estimate of drug-likeness (QED) is 0.576. The van der Waals surface area contributed by atoms with Gasteiger partial charge in [0.25, 0.3) is 0 Å². The summed E-state index contributed by atoms with van der Waals surface area (Å²) >= 11 is 0. The van der Waals surface area contributed by atoms with Crippen molar-refractivity contribution in [3.8, 4) is 0 Å². The molecular formula is C17H30O4. The molecule has 0 aliphatic heterocycles. The molecule has 1 saturated carbocycles. The van der Waals surface area contributed by atoms with E-state index in [1.807, 2.05) is 0 Å². The SMILES string of the molecule is COC(=O)C(CCC1CC(C)C(C)(C)C1(C)C)C(=O)OC. The van der Waals surface area contributed by atoms with Crippen molar-refractivity contribution in [1.29, 1.82) is 0 Å². The van der Waals surface area contributed by atoms with Gasteiger partial charge in [-0.15, -0.1) is 0 Å². The van der Waals surface area contributed by atoms with E-state index in [2.05, 4.69) is 34.6 Å². The lowest BCUT2D eigenvalue weighted by Crippen LogP contribution is -2.35. The molecular weight excluding hydrogens is 268 g/mol. The van der Waals surface area contributed by atoms with E-state index < -0.39 is 17.9 Å². The molecule has 4 heteroatoms. The van der Waals surface area contributed by atoms with Gasteiger partial charge in [0.1, 0.15) is 0 Å². The fourth-order valence-electron chi connectivity index (χ4n) is 3.64. The van der Waals surface area contributed by atoms with Crippen LogP contribution in [0.15, 0.2) is 0 Å². The topological polar surface area (TPSA) is 52.6 Å². The first-order valence-corrected chi connectivity index (χ1v) is 7.75. The normalized spacial score (nSPS) is 26.7.